The predicted octanol–water partition coefficient (Wildman–Crippen LogP) is 6.92. The number of aryl methyl sites for hydroxylation is 1. The van der Waals surface area contributed by atoms with Crippen LogP contribution >= 0.6 is 34.5 Å². The standard InChI is InChI=1S/C37H37Cl2N3O6S/c1-45-29-8-7-24(17-31(29)46-2)30(18-25-27(38)19-40-20-28(25)39)47-35(43)33-9-10-34(49-33)41-37(14-11-22-5-3-4-6-26(22)37)36(44)48-32-21-42-15-12-23(32)13-16-42/h3-10,17,19-20,23,30,32,41H,11-16,18,21H2,1-2H3/p+1/t30-,32-,37?/m0/s1. The monoisotopic (exact) mass is 722 g/mol. The van der Waals surface area contributed by atoms with Gasteiger partial charge in [0.2, 0.25) is 0 Å². The van der Waals surface area contributed by atoms with E-state index in [0.717, 1.165) is 50.0 Å². The van der Waals surface area contributed by atoms with Crippen LogP contribution in [0, 0.1) is 5.92 Å². The van der Waals surface area contributed by atoms with E-state index in [-0.39, 0.29) is 18.5 Å². The molecule has 2 N–H and O–H groups in total. The van der Waals surface area contributed by atoms with Gasteiger partial charge in [-0.2, -0.15) is 0 Å². The van der Waals surface area contributed by atoms with E-state index in [2.05, 4.69) is 21.3 Å². The summed E-state index contributed by atoms with van der Waals surface area (Å²) in [5.41, 5.74) is 2.28. The van der Waals surface area contributed by atoms with Crippen molar-refractivity contribution in [2.75, 3.05) is 39.2 Å². The fourth-order valence-electron chi connectivity index (χ4n) is 7.34. The maximum absolute atomic E-state index is 14.2. The number of fused-ring (bicyclic) bond motifs is 4. The van der Waals surface area contributed by atoms with Crippen molar-refractivity contribution in [2.45, 2.75) is 49.9 Å². The SMILES string of the molecule is COc1ccc([C@H](Cc2c(Cl)c[nH+]cc2Cl)OC(=O)c2ccc(NC3(C(=O)O[C@H]4CN5CCC4CC5)CCc4ccccc43)s2)cc1OC. The minimum absolute atomic E-state index is 0.117. The van der Waals surface area contributed by atoms with Crippen LogP contribution in [0.1, 0.15) is 57.3 Å². The maximum Gasteiger partial charge on any atom is 0.349 e. The molecular formula is C37H38Cl2N3O6S+. The van der Waals surface area contributed by atoms with Crippen LogP contribution in [0.4, 0.5) is 5.00 Å². The first kappa shape index (κ1) is 33.7. The van der Waals surface area contributed by atoms with Gasteiger partial charge in [0.15, 0.2) is 29.4 Å². The normalized spacial score (nSPS) is 23.0. The van der Waals surface area contributed by atoms with Crippen molar-refractivity contribution >= 4 is 51.5 Å². The first-order valence-corrected chi connectivity index (χ1v) is 18.0. The summed E-state index contributed by atoms with van der Waals surface area (Å²) in [6.07, 6.45) is 6.01. The smallest absolute Gasteiger partial charge is 0.349 e. The van der Waals surface area contributed by atoms with Crippen molar-refractivity contribution < 1.29 is 33.5 Å². The number of carbonyl (C=O) groups is 2. The van der Waals surface area contributed by atoms with Crippen molar-refractivity contribution in [3.63, 3.8) is 0 Å². The molecule has 3 fully saturated rings. The summed E-state index contributed by atoms with van der Waals surface area (Å²) in [4.78, 5) is 33.7. The van der Waals surface area contributed by atoms with Crippen LogP contribution in [-0.4, -0.2) is 56.8 Å². The number of anilines is 1. The number of H-pyrrole nitrogens is 1. The summed E-state index contributed by atoms with van der Waals surface area (Å²) < 4.78 is 23.5. The Kier molecular flexibility index (Phi) is 9.75. The molecule has 0 amide bonds. The molecule has 9 nitrogen and oxygen atoms in total. The van der Waals surface area contributed by atoms with E-state index in [9.17, 15) is 9.59 Å². The minimum atomic E-state index is -1.06. The fraction of sp³-hybridized carbons (Fsp3) is 0.378. The molecule has 1 aliphatic carbocycles. The number of halogens is 2. The summed E-state index contributed by atoms with van der Waals surface area (Å²) in [6.45, 7) is 2.91. The number of nitrogens with one attached hydrogen (secondary N) is 2. The van der Waals surface area contributed by atoms with Gasteiger partial charge >= 0.3 is 11.9 Å². The van der Waals surface area contributed by atoms with Crippen molar-refractivity contribution in [1.29, 1.82) is 0 Å². The lowest BCUT2D eigenvalue weighted by atomic mass is 9.85. The van der Waals surface area contributed by atoms with Gasteiger partial charge in [-0.05, 0) is 85.6 Å². The lowest BCUT2D eigenvalue weighted by Crippen LogP contribution is -2.54. The highest BCUT2D eigenvalue weighted by molar-refractivity contribution is 7.17. The minimum Gasteiger partial charge on any atom is -0.493 e. The van der Waals surface area contributed by atoms with Gasteiger partial charge in [0, 0.05) is 18.5 Å². The highest BCUT2D eigenvalue weighted by Crippen LogP contribution is 2.44. The first-order valence-electron chi connectivity index (χ1n) is 16.4. The van der Waals surface area contributed by atoms with E-state index in [4.69, 9.17) is 42.1 Å². The van der Waals surface area contributed by atoms with Gasteiger partial charge in [-0.15, -0.1) is 11.3 Å². The Morgan fingerprint density at radius 2 is 1.78 bits per heavy atom. The quantitative estimate of drug-likeness (QED) is 0.167. The third-order valence-corrected chi connectivity index (χ3v) is 11.7. The summed E-state index contributed by atoms with van der Waals surface area (Å²) in [6, 6.07) is 16.9. The number of ether oxygens (including phenoxy) is 4. The third-order valence-electron chi connectivity index (χ3n) is 10.0. The topological polar surface area (TPSA) is 100 Å². The number of carbonyl (C=O) groups excluding carboxylic acids is 2. The molecule has 4 aliphatic rings. The zero-order valence-electron chi connectivity index (χ0n) is 27.3. The predicted molar refractivity (Wildman–Crippen MR) is 188 cm³/mol. The molecule has 4 aromatic rings. The maximum atomic E-state index is 14.2. The molecule has 49 heavy (non-hydrogen) atoms. The van der Waals surface area contributed by atoms with Crippen LogP contribution in [0.3, 0.4) is 0 Å². The van der Waals surface area contributed by atoms with Crippen LogP contribution in [0.5, 0.6) is 11.5 Å². The van der Waals surface area contributed by atoms with E-state index < -0.39 is 17.6 Å². The number of thiophene rings is 1. The van der Waals surface area contributed by atoms with Crippen molar-refractivity contribution in [2.24, 2.45) is 5.92 Å². The molecule has 2 aromatic heterocycles. The van der Waals surface area contributed by atoms with Crippen LogP contribution < -0.4 is 19.8 Å². The second-order valence-corrected chi connectivity index (χ2v) is 14.7. The molecular weight excluding hydrogens is 685 g/mol. The summed E-state index contributed by atoms with van der Waals surface area (Å²) in [7, 11) is 3.11. The van der Waals surface area contributed by atoms with Crippen LogP contribution in [0.25, 0.3) is 0 Å². The number of hydrogen-bond acceptors (Lipinski definition) is 9. The third kappa shape index (κ3) is 6.71. The Labute approximate surface area is 299 Å². The average Bonchev–Trinajstić information content (AvgIpc) is 3.75. The van der Waals surface area contributed by atoms with Crippen LogP contribution in [-0.2, 0) is 32.6 Å². The van der Waals surface area contributed by atoms with E-state index in [1.165, 1.54) is 11.3 Å². The molecule has 5 heterocycles. The number of esters is 2. The number of pyridine rings is 1. The molecule has 3 saturated heterocycles. The lowest BCUT2D eigenvalue weighted by molar-refractivity contribution is -0.377. The number of hydrogen-bond donors (Lipinski definition) is 1. The van der Waals surface area contributed by atoms with E-state index in [0.29, 0.717) is 54.9 Å². The lowest BCUT2D eigenvalue weighted by Gasteiger charge is -2.45. The number of methoxy groups -OCH3 is 2. The van der Waals surface area contributed by atoms with Crippen molar-refractivity contribution in [1.82, 2.24) is 4.90 Å². The highest BCUT2D eigenvalue weighted by atomic mass is 35.5. The molecule has 3 aliphatic heterocycles. The molecule has 0 saturated carbocycles. The zero-order valence-corrected chi connectivity index (χ0v) is 29.6. The number of rotatable bonds is 11. The van der Waals surface area contributed by atoms with Gasteiger partial charge in [-0.25, -0.2) is 14.6 Å². The van der Waals surface area contributed by atoms with Crippen LogP contribution in [0.15, 0.2) is 67.0 Å². The van der Waals surface area contributed by atoms with Gasteiger partial charge in [-0.3, -0.25) is 4.90 Å². The number of aromatic nitrogens is 1. The molecule has 2 bridgehead atoms. The average molecular weight is 724 g/mol. The second kappa shape index (κ2) is 14.2. The molecule has 0 spiro atoms. The molecule has 2 aromatic carbocycles. The van der Waals surface area contributed by atoms with Gasteiger partial charge in [-0.1, -0.05) is 53.5 Å². The van der Waals surface area contributed by atoms with E-state index in [1.807, 2.05) is 30.3 Å². The Morgan fingerprint density at radius 3 is 2.49 bits per heavy atom. The summed E-state index contributed by atoms with van der Waals surface area (Å²) in [5, 5.41) is 5.05. The van der Waals surface area contributed by atoms with Gasteiger partial charge in [0.1, 0.15) is 27.1 Å². The van der Waals surface area contributed by atoms with Crippen molar-refractivity contribution in [3.05, 3.63) is 104 Å². The van der Waals surface area contributed by atoms with Gasteiger partial charge in [0.25, 0.3) is 0 Å². The Morgan fingerprint density at radius 1 is 1.02 bits per heavy atom. The molecule has 8 rings (SSSR count). The Hall–Kier alpha value is -3.83. The fourth-order valence-corrected chi connectivity index (χ4v) is 8.73. The zero-order chi connectivity index (χ0) is 34.1. The number of piperidine rings is 3. The number of aromatic amines is 1. The van der Waals surface area contributed by atoms with E-state index >= 15 is 0 Å². The van der Waals surface area contributed by atoms with Crippen LogP contribution in [0.2, 0.25) is 10.0 Å². The Balaban J connectivity index is 1.14. The Bertz CT molecular complexity index is 1840. The second-order valence-electron chi connectivity index (χ2n) is 12.8. The van der Waals surface area contributed by atoms with Crippen molar-refractivity contribution in [3.8, 4) is 11.5 Å². The van der Waals surface area contributed by atoms with E-state index in [1.54, 1.807) is 44.8 Å². The number of benzene rings is 2. The molecule has 3 atom stereocenters. The summed E-state index contributed by atoms with van der Waals surface area (Å²) >= 11 is 14.3. The van der Waals surface area contributed by atoms with Gasteiger partial charge < -0.3 is 24.3 Å². The van der Waals surface area contributed by atoms with Gasteiger partial charge in [0.05, 0.1) is 19.2 Å². The summed E-state index contributed by atoms with van der Waals surface area (Å²) in [5.74, 6) is 0.641. The first-order chi connectivity index (χ1) is 23.8. The molecule has 256 valence electrons. The highest BCUT2D eigenvalue weighted by Gasteiger charge is 2.49. The molecule has 12 heteroatoms. The molecule has 0 radical (unpaired) electrons. The molecule has 1 unspecified atom stereocenters. The largest absolute Gasteiger partial charge is 0.493 e. The number of nitrogens with zero attached hydrogens (tertiary/aromatic N) is 1.